The number of nitrogens with zero attached hydrogens (tertiary/aromatic N) is 1. The number of hydrogen-bond acceptors (Lipinski definition) is 1. The normalized spacial score (nSPS) is 16.5. The Morgan fingerprint density at radius 1 is 0.600 bits per heavy atom. The Morgan fingerprint density at radius 2 is 1.31 bits per heavy atom. The van der Waals surface area contributed by atoms with Gasteiger partial charge in [0.15, 0.2) is 0 Å². The van der Waals surface area contributed by atoms with E-state index in [1.54, 1.807) is 6.26 Å². The molecule has 0 saturated carbocycles. The van der Waals surface area contributed by atoms with Crippen LogP contribution in [0.2, 0.25) is 0 Å². The first-order valence-corrected chi connectivity index (χ1v) is 15.6. The Kier molecular flexibility index (Phi) is 4.70. The van der Waals surface area contributed by atoms with Crippen LogP contribution in [-0.4, -0.2) is 4.57 Å². The topological polar surface area (TPSA) is 14.2 Å². The van der Waals surface area contributed by atoms with Crippen LogP contribution in [0, 0.1) is 0 Å². The number of ether oxygens (including phenoxy) is 1. The van der Waals surface area contributed by atoms with Crippen molar-refractivity contribution in [2.24, 2.45) is 0 Å². The molecule has 2 heteroatoms. The van der Waals surface area contributed by atoms with Crippen LogP contribution >= 0.6 is 0 Å². The standard InChI is InChI=1S/C43H29NO/c1-25-11-8-9-22-45-42-26(25)18-19-32-34-24-39-35(23-36(34)43(2,3)41(32)42)29-14-6-7-17-37(29)44(39)38-21-20-31-28-13-5-4-12-27(28)30-15-10-16-33(38)40(30)31/h4-24H,1H2,2-3H3/b11-8-,22-9-. The molecule has 2 nitrogen and oxygen atoms in total. The van der Waals surface area contributed by atoms with Gasteiger partial charge in [-0.25, -0.2) is 0 Å². The van der Waals surface area contributed by atoms with Crippen LogP contribution in [-0.2, 0) is 5.41 Å². The first-order chi connectivity index (χ1) is 22.0. The molecule has 0 atom stereocenters. The lowest BCUT2D eigenvalue weighted by Gasteiger charge is -2.25. The molecule has 0 radical (unpaired) electrons. The monoisotopic (exact) mass is 575 g/mol. The van der Waals surface area contributed by atoms with E-state index in [-0.39, 0.29) is 5.41 Å². The zero-order valence-electron chi connectivity index (χ0n) is 25.2. The van der Waals surface area contributed by atoms with Crippen LogP contribution in [0.25, 0.3) is 77.2 Å². The summed E-state index contributed by atoms with van der Waals surface area (Å²) in [4.78, 5) is 0. The van der Waals surface area contributed by atoms with Gasteiger partial charge in [-0.2, -0.15) is 0 Å². The molecular formula is C43H29NO. The Hall–Kier alpha value is -5.60. The van der Waals surface area contributed by atoms with E-state index >= 15 is 0 Å². The molecule has 212 valence electrons. The van der Waals surface area contributed by atoms with Crippen LogP contribution < -0.4 is 4.74 Å². The lowest BCUT2D eigenvalue weighted by Crippen LogP contribution is -2.17. The summed E-state index contributed by atoms with van der Waals surface area (Å²) in [6.07, 6.45) is 7.75. The lowest BCUT2D eigenvalue weighted by molar-refractivity contribution is 0.462. The van der Waals surface area contributed by atoms with Gasteiger partial charge in [0.05, 0.1) is 23.0 Å². The smallest absolute Gasteiger partial charge is 0.139 e. The Balaban J connectivity index is 1.29. The predicted octanol–water partition coefficient (Wildman–Crippen LogP) is 11.4. The van der Waals surface area contributed by atoms with Crippen molar-refractivity contribution in [3.63, 3.8) is 0 Å². The molecule has 6 aromatic carbocycles. The van der Waals surface area contributed by atoms with Gasteiger partial charge >= 0.3 is 0 Å². The van der Waals surface area contributed by atoms with Crippen LogP contribution in [0.5, 0.6) is 5.75 Å². The van der Waals surface area contributed by atoms with Gasteiger partial charge in [-0.1, -0.05) is 111 Å². The van der Waals surface area contributed by atoms with Crippen LogP contribution in [0.3, 0.4) is 0 Å². The highest BCUT2D eigenvalue weighted by atomic mass is 16.5. The average molecular weight is 576 g/mol. The van der Waals surface area contributed by atoms with E-state index in [0.29, 0.717) is 0 Å². The van der Waals surface area contributed by atoms with E-state index in [0.717, 1.165) is 16.9 Å². The summed E-state index contributed by atoms with van der Waals surface area (Å²) < 4.78 is 8.84. The van der Waals surface area contributed by atoms with Gasteiger partial charge in [0, 0.05) is 32.7 Å². The third-order valence-corrected chi connectivity index (χ3v) is 10.3. The molecule has 0 saturated heterocycles. The van der Waals surface area contributed by atoms with E-state index < -0.39 is 0 Å². The molecule has 45 heavy (non-hydrogen) atoms. The van der Waals surface area contributed by atoms with E-state index in [1.807, 2.05) is 12.2 Å². The van der Waals surface area contributed by atoms with Gasteiger partial charge in [0.2, 0.25) is 0 Å². The summed E-state index contributed by atoms with van der Waals surface area (Å²) in [5, 5.41) is 5.15. The van der Waals surface area contributed by atoms with E-state index in [9.17, 15) is 0 Å². The van der Waals surface area contributed by atoms with Gasteiger partial charge in [0.1, 0.15) is 5.75 Å². The molecule has 2 heterocycles. The van der Waals surface area contributed by atoms with Crippen molar-refractivity contribution < 1.29 is 4.74 Å². The molecule has 2 aliphatic carbocycles. The van der Waals surface area contributed by atoms with Crippen molar-refractivity contribution >= 4 is 38.2 Å². The highest BCUT2D eigenvalue weighted by Crippen LogP contribution is 2.56. The highest BCUT2D eigenvalue weighted by Gasteiger charge is 2.40. The molecule has 0 amide bonds. The summed E-state index contributed by atoms with van der Waals surface area (Å²) in [5.74, 6) is 0.906. The van der Waals surface area contributed by atoms with Crippen molar-refractivity contribution in [1.29, 1.82) is 0 Å². The summed E-state index contributed by atoms with van der Waals surface area (Å²) >= 11 is 0. The summed E-state index contributed by atoms with van der Waals surface area (Å²) in [5.41, 5.74) is 15.7. The van der Waals surface area contributed by atoms with Crippen molar-refractivity contribution in [3.8, 4) is 44.8 Å². The number of hydrogen-bond donors (Lipinski definition) is 0. The molecule has 7 aromatic rings. The minimum Gasteiger partial charge on any atom is -0.464 e. The second kappa shape index (κ2) is 8.52. The first-order valence-electron chi connectivity index (χ1n) is 15.6. The maximum absolute atomic E-state index is 6.36. The lowest BCUT2D eigenvalue weighted by atomic mass is 9.80. The number of para-hydroxylation sites is 1. The quantitative estimate of drug-likeness (QED) is 0.190. The molecule has 0 unspecified atom stereocenters. The molecule has 0 N–H and O–H groups in total. The molecule has 1 aromatic heterocycles. The minimum absolute atomic E-state index is 0.252. The SMILES string of the molecule is C=C1/C=C\C=C/Oc2c1ccc1c2C(C)(C)c2cc3c4ccccc4n(-c4ccc5c6c(cccc46)-c4ccccc4-5)c3cc2-1. The molecule has 0 fully saturated rings. The predicted molar refractivity (Wildman–Crippen MR) is 188 cm³/mol. The van der Waals surface area contributed by atoms with E-state index in [2.05, 4.69) is 134 Å². The summed E-state index contributed by atoms with van der Waals surface area (Å²) in [6, 6.07) is 38.4. The summed E-state index contributed by atoms with van der Waals surface area (Å²) in [6.45, 7) is 9.00. The highest BCUT2D eigenvalue weighted by molar-refractivity contribution is 6.19. The Labute approximate surface area is 261 Å². The number of fused-ring (bicyclic) bond motifs is 11. The third-order valence-electron chi connectivity index (χ3n) is 10.3. The molecular weight excluding hydrogens is 546 g/mol. The minimum atomic E-state index is -0.252. The van der Waals surface area contributed by atoms with Crippen molar-refractivity contribution in [2.75, 3.05) is 0 Å². The van der Waals surface area contributed by atoms with Crippen molar-refractivity contribution in [2.45, 2.75) is 19.3 Å². The van der Waals surface area contributed by atoms with Gasteiger partial charge in [-0.05, 0) is 80.2 Å². The van der Waals surface area contributed by atoms with Gasteiger partial charge in [0.25, 0.3) is 0 Å². The van der Waals surface area contributed by atoms with Crippen LogP contribution in [0.15, 0.2) is 134 Å². The van der Waals surface area contributed by atoms with Gasteiger partial charge in [-0.15, -0.1) is 0 Å². The van der Waals surface area contributed by atoms with Crippen molar-refractivity contribution in [1.82, 2.24) is 4.57 Å². The maximum atomic E-state index is 6.36. The number of allylic oxidation sites excluding steroid dienone is 4. The van der Waals surface area contributed by atoms with Crippen LogP contribution in [0.1, 0.15) is 30.5 Å². The van der Waals surface area contributed by atoms with E-state index in [1.165, 1.54) is 82.8 Å². The largest absolute Gasteiger partial charge is 0.464 e. The zero-order valence-corrected chi connectivity index (χ0v) is 25.2. The van der Waals surface area contributed by atoms with Gasteiger partial charge in [-0.3, -0.25) is 0 Å². The first kappa shape index (κ1) is 24.8. The summed E-state index contributed by atoms with van der Waals surface area (Å²) in [7, 11) is 0. The second-order valence-electron chi connectivity index (χ2n) is 13.0. The maximum Gasteiger partial charge on any atom is 0.139 e. The molecule has 3 aliphatic rings. The fourth-order valence-corrected chi connectivity index (χ4v) is 8.35. The molecule has 0 bridgehead atoms. The van der Waals surface area contributed by atoms with E-state index in [4.69, 9.17) is 4.74 Å². The molecule has 10 rings (SSSR count). The second-order valence-corrected chi connectivity index (χ2v) is 13.0. The third kappa shape index (κ3) is 3.09. The van der Waals surface area contributed by atoms with Gasteiger partial charge < -0.3 is 9.30 Å². The average Bonchev–Trinajstić information content (AvgIpc) is 3.64. The van der Waals surface area contributed by atoms with Crippen LogP contribution in [0.4, 0.5) is 0 Å². The fraction of sp³-hybridized carbons (Fsp3) is 0.0698. The molecule has 0 spiro atoms. The Bertz CT molecular complexity index is 2520. The number of benzene rings is 6. The zero-order chi connectivity index (χ0) is 30.0. The molecule has 1 aliphatic heterocycles. The number of aromatic nitrogens is 1. The Morgan fingerprint density at radius 3 is 2.18 bits per heavy atom. The fourth-order valence-electron chi connectivity index (χ4n) is 8.35. The van der Waals surface area contributed by atoms with Crippen molar-refractivity contribution in [3.05, 3.63) is 151 Å². The number of rotatable bonds is 1.